The van der Waals surface area contributed by atoms with Crippen LogP contribution in [-0.4, -0.2) is 12.8 Å². The van der Waals surface area contributed by atoms with E-state index in [2.05, 4.69) is 0 Å². The zero-order valence-corrected chi connectivity index (χ0v) is 9.05. The van der Waals surface area contributed by atoms with Crippen LogP contribution in [0.1, 0.15) is 22.9 Å². The second-order valence-corrected chi connectivity index (χ2v) is 3.36. The van der Waals surface area contributed by atoms with Crippen molar-refractivity contribution >= 4 is 12.4 Å². The second kappa shape index (κ2) is 5.24. The van der Waals surface area contributed by atoms with Gasteiger partial charge in [-0.3, -0.25) is 0 Å². The van der Waals surface area contributed by atoms with E-state index in [1.54, 1.807) is 0 Å². The highest BCUT2D eigenvalue weighted by atomic mass is 35.5. The van der Waals surface area contributed by atoms with E-state index in [9.17, 15) is 0 Å². The molecule has 15 heavy (non-hydrogen) atoms. The smallest absolute Gasteiger partial charge is 0.231 e. The zero-order chi connectivity index (χ0) is 12.5. The van der Waals surface area contributed by atoms with Crippen molar-refractivity contribution in [3.63, 3.8) is 0 Å². The SMILES string of the molecule is Cl.[2H]C([2H])([2H])CC(N)Cc1ccc2c(c1)OCO2. The molecular weight excluding hydrogens is 214 g/mol. The van der Waals surface area contributed by atoms with Gasteiger partial charge in [0.15, 0.2) is 11.5 Å². The number of nitrogens with two attached hydrogens (primary N) is 1. The van der Waals surface area contributed by atoms with E-state index >= 15 is 0 Å². The number of benzene rings is 1. The van der Waals surface area contributed by atoms with E-state index in [-0.39, 0.29) is 31.7 Å². The first-order valence-electron chi connectivity index (χ1n) is 6.08. The monoisotopic (exact) mass is 232 g/mol. The highest BCUT2D eigenvalue weighted by molar-refractivity contribution is 5.85. The lowest BCUT2D eigenvalue weighted by Gasteiger charge is -2.08. The average molecular weight is 233 g/mol. The highest BCUT2D eigenvalue weighted by Gasteiger charge is 2.13. The number of halogens is 1. The molecule has 3 nitrogen and oxygen atoms in total. The van der Waals surface area contributed by atoms with Crippen LogP contribution >= 0.6 is 12.4 Å². The summed E-state index contributed by atoms with van der Waals surface area (Å²) in [6.45, 7) is -1.74. The van der Waals surface area contributed by atoms with Crippen LogP contribution in [0.15, 0.2) is 18.2 Å². The van der Waals surface area contributed by atoms with Gasteiger partial charge in [0.25, 0.3) is 0 Å². The Hall–Kier alpha value is -0.930. The molecule has 0 bridgehead atoms. The van der Waals surface area contributed by atoms with Gasteiger partial charge in [-0.1, -0.05) is 12.9 Å². The van der Waals surface area contributed by atoms with E-state index in [1.165, 1.54) is 0 Å². The normalized spacial score (nSPS) is 18.3. The molecule has 0 aromatic heterocycles. The molecule has 1 aromatic carbocycles. The maximum absolute atomic E-state index is 7.16. The van der Waals surface area contributed by atoms with Gasteiger partial charge in [-0.05, 0) is 30.5 Å². The first-order valence-corrected chi connectivity index (χ1v) is 4.58. The zero-order valence-electron chi connectivity index (χ0n) is 11.2. The summed E-state index contributed by atoms with van der Waals surface area (Å²) in [5, 5.41) is 0. The minimum atomic E-state index is -1.98. The third kappa shape index (κ3) is 2.76. The van der Waals surface area contributed by atoms with Crippen LogP contribution in [0.5, 0.6) is 11.5 Å². The van der Waals surface area contributed by atoms with Crippen molar-refractivity contribution in [2.24, 2.45) is 5.73 Å². The summed E-state index contributed by atoms with van der Waals surface area (Å²) in [6, 6.07) is 5.18. The van der Waals surface area contributed by atoms with Gasteiger partial charge in [-0.25, -0.2) is 0 Å². The molecule has 0 spiro atoms. The Morgan fingerprint density at radius 2 is 2.27 bits per heavy atom. The molecule has 1 heterocycles. The van der Waals surface area contributed by atoms with Crippen molar-refractivity contribution in [2.75, 3.05) is 6.79 Å². The molecule has 1 aliphatic rings. The Labute approximate surface area is 100 Å². The van der Waals surface area contributed by atoms with Crippen LogP contribution in [0.4, 0.5) is 0 Å². The molecule has 2 N–H and O–H groups in total. The summed E-state index contributed by atoms with van der Waals surface area (Å²) >= 11 is 0. The van der Waals surface area contributed by atoms with Crippen molar-refractivity contribution in [1.29, 1.82) is 0 Å². The van der Waals surface area contributed by atoms with E-state index in [1.807, 2.05) is 18.2 Å². The lowest BCUT2D eigenvalue weighted by atomic mass is 10.0. The minimum Gasteiger partial charge on any atom is -0.454 e. The summed E-state index contributed by atoms with van der Waals surface area (Å²) in [5.41, 5.74) is 6.77. The number of ether oxygens (including phenoxy) is 2. The van der Waals surface area contributed by atoms with Gasteiger partial charge < -0.3 is 15.2 Å². The number of fused-ring (bicyclic) bond motifs is 1. The maximum atomic E-state index is 7.16. The Kier molecular flexibility index (Phi) is 2.88. The number of hydrogen-bond donors (Lipinski definition) is 1. The van der Waals surface area contributed by atoms with Crippen LogP contribution in [0.3, 0.4) is 0 Å². The molecule has 0 fully saturated rings. The fourth-order valence-electron chi connectivity index (χ4n) is 1.44. The average Bonchev–Trinajstić information content (AvgIpc) is 2.61. The van der Waals surface area contributed by atoms with Crippen molar-refractivity contribution in [3.8, 4) is 11.5 Å². The predicted octanol–water partition coefficient (Wildman–Crippen LogP) is 2.12. The molecule has 2 rings (SSSR count). The fourth-order valence-corrected chi connectivity index (χ4v) is 1.44. The fraction of sp³-hybridized carbons (Fsp3) is 0.455. The molecule has 1 atom stereocenters. The maximum Gasteiger partial charge on any atom is 0.231 e. The Bertz CT molecular complexity index is 412. The lowest BCUT2D eigenvalue weighted by molar-refractivity contribution is 0.174. The molecule has 84 valence electrons. The van der Waals surface area contributed by atoms with Gasteiger partial charge >= 0.3 is 0 Å². The van der Waals surface area contributed by atoms with Crippen LogP contribution in [0, 0.1) is 0 Å². The third-order valence-electron chi connectivity index (χ3n) is 2.20. The largest absolute Gasteiger partial charge is 0.454 e. The Morgan fingerprint density at radius 1 is 1.47 bits per heavy atom. The molecule has 1 aromatic rings. The highest BCUT2D eigenvalue weighted by Crippen LogP contribution is 2.32. The third-order valence-corrected chi connectivity index (χ3v) is 2.20. The number of hydrogen-bond acceptors (Lipinski definition) is 3. The standard InChI is InChI=1S/C11H15NO2.ClH/c1-2-9(12)5-8-3-4-10-11(6-8)14-7-13-10;/h3-4,6,9H,2,5,7,12H2,1H3;1H/i1D3;. The minimum absolute atomic E-state index is 0. The van der Waals surface area contributed by atoms with Crippen LogP contribution in [-0.2, 0) is 6.42 Å². The van der Waals surface area contributed by atoms with Gasteiger partial charge in [0.05, 0.1) is 0 Å². The van der Waals surface area contributed by atoms with Gasteiger partial charge in [0.1, 0.15) is 0 Å². The summed E-state index contributed by atoms with van der Waals surface area (Å²) in [5.74, 6) is 1.42. The van der Waals surface area contributed by atoms with E-state index < -0.39 is 6.85 Å². The molecule has 1 unspecified atom stereocenters. The van der Waals surface area contributed by atoms with Crippen molar-refractivity contribution < 1.29 is 13.6 Å². The Morgan fingerprint density at radius 3 is 3.07 bits per heavy atom. The van der Waals surface area contributed by atoms with Gasteiger partial charge in [-0.15, -0.1) is 12.4 Å². The second-order valence-electron chi connectivity index (χ2n) is 3.36. The Balaban J connectivity index is 0.00000162. The van der Waals surface area contributed by atoms with Gasteiger partial charge in [-0.2, -0.15) is 0 Å². The van der Waals surface area contributed by atoms with E-state index in [0.717, 1.165) is 11.3 Å². The van der Waals surface area contributed by atoms with E-state index in [0.29, 0.717) is 12.2 Å². The summed E-state index contributed by atoms with van der Waals surface area (Å²) in [6.07, 6.45) is 0.538. The molecule has 0 aliphatic carbocycles. The molecule has 0 radical (unpaired) electrons. The van der Waals surface area contributed by atoms with Crippen molar-refractivity contribution in [3.05, 3.63) is 23.8 Å². The van der Waals surface area contributed by atoms with E-state index in [4.69, 9.17) is 19.3 Å². The first-order chi connectivity index (χ1) is 7.94. The molecule has 0 saturated heterocycles. The topological polar surface area (TPSA) is 44.5 Å². The first kappa shape index (κ1) is 8.25. The van der Waals surface area contributed by atoms with Crippen molar-refractivity contribution in [2.45, 2.75) is 25.7 Å². The van der Waals surface area contributed by atoms with Crippen molar-refractivity contribution in [1.82, 2.24) is 0 Å². The summed E-state index contributed by atoms with van der Waals surface area (Å²) in [4.78, 5) is 0. The predicted molar refractivity (Wildman–Crippen MR) is 61.8 cm³/mol. The van der Waals surface area contributed by atoms with Crippen LogP contribution in [0.2, 0.25) is 0 Å². The molecule has 4 heteroatoms. The molecular formula is C11H16ClNO2. The van der Waals surface area contributed by atoms with Gasteiger partial charge in [0, 0.05) is 10.2 Å². The molecule has 0 amide bonds. The quantitative estimate of drug-likeness (QED) is 0.868. The van der Waals surface area contributed by atoms with Crippen LogP contribution in [0.25, 0.3) is 0 Å². The molecule has 1 aliphatic heterocycles. The summed E-state index contributed by atoms with van der Waals surface area (Å²) in [7, 11) is 0. The number of rotatable bonds is 3. The lowest BCUT2D eigenvalue weighted by Crippen LogP contribution is -2.21. The van der Waals surface area contributed by atoms with Gasteiger partial charge in [0.2, 0.25) is 6.79 Å². The molecule has 0 saturated carbocycles. The summed E-state index contributed by atoms with van der Waals surface area (Å²) < 4.78 is 31.9. The van der Waals surface area contributed by atoms with Crippen LogP contribution < -0.4 is 15.2 Å².